The largest absolute Gasteiger partial charge is 0.370 e. The molecule has 7 heteroatoms. The Morgan fingerprint density at radius 1 is 1.07 bits per heavy atom. The van der Waals surface area contributed by atoms with Crippen molar-refractivity contribution in [3.8, 4) is 0 Å². The number of nitrogens with one attached hydrogen (secondary N) is 2. The lowest BCUT2D eigenvalue weighted by Gasteiger charge is -2.23. The van der Waals surface area contributed by atoms with E-state index in [-0.39, 0.29) is 11.8 Å². The zero-order valence-corrected chi connectivity index (χ0v) is 18.7. The van der Waals surface area contributed by atoms with Gasteiger partial charge in [0, 0.05) is 32.0 Å². The molecule has 0 aliphatic heterocycles. The quantitative estimate of drug-likeness (QED) is 0.691. The minimum absolute atomic E-state index is 0.144. The molecule has 0 saturated carbocycles. The highest BCUT2D eigenvalue weighted by Gasteiger charge is 2.09. The van der Waals surface area contributed by atoms with E-state index in [1.807, 2.05) is 19.1 Å². The molecule has 2 N–H and O–H groups in total. The van der Waals surface area contributed by atoms with Gasteiger partial charge in [-0.1, -0.05) is 26.5 Å². The van der Waals surface area contributed by atoms with Crippen LogP contribution in [0.15, 0.2) is 48.9 Å². The van der Waals surface area contributed by atoms with Crippen LogP contribution in [0.2, 0.25) is 0 Å². The smallest absolute Gasteiger partial charge is 0.274 e. The third-order valence-corrected chi connectivity index (χ3v) is 4.11. The molecular weight excluding hydrogens is 378 g/mol. The van der Waals surface area contributed by atoms with Crippen LogP contribution in [-0.4, -0.2) is 41.9 Å². The Bertz CT molecular complexity index is 828. The molecule has 0 atom stereocenters. The van der Waals surface area contributed by atoms with Gasteiger partial charge in [-0.15, -0.1) is 0 Å². The fraction of sp³-hybridized carbons (Fsp3) is 0.391. The highest BCUT2D eigenvalue weighted by Crippen LogP contribution is 2.14. The lowest BCUT2D eigenvalue weighted by molar-refractivity contribution is 0.0951. The minimum Gasteiger partial charge on any atom is -0.370 e. The molecule has 7 nitrogen and oxygen atoms in total. The summed E-state index contributed by atoms with van der Waals surface area (Å²) in [5, 5.41) is 5.17. The molecule has 0 spiro atoms. The molecule has 2 aromatic rings. The summed E-state index contributed by atoms with van der Waals surface area (Å²) < 4.78 is 0. The van der Waals surface area contributed by atoms with E-state index in [1.165, 1.54) is 0 Å². The van der Waals surface area contributed by atoms with E-state index in [0.717, 1.165) is 37.2 Å². The molecule has 0 aromatic carbocycles. The number of amides is 2. The van der Waals surface area contributed by atoms with Crippen LogP contribution >= 0.6 is 0 Å². The van der Waals surface area contributed by atoms with Crippen molar-refractivity contribution in [3.63, 3.8) is 0 Å². The first-order valence-corrected chi connectivity index (χ1v) is 10.2. The van der Waals surface area contributed by atoms with Crippen molar-refractivity contribution in [2.24, 2.45) is 0 Å². The van der Waals surface area contributed by atoms with Crippen molar-refractivity contribution in [3.05, 3.63) is 65.9 Å². The monoisotopic (exact) mass is 411 g/mol. The van der Waals surface area contributed by atoms with Gasteiger partial charge in [-0.2, -0.15) is 0 Å². The number of hydrogen-bond acceptors (Lipinski definition) is 5. The van der Waals surface area contributed by atoms with Gasteiger partial charge >= 0.3 is 0 Å². The number of aromatic nitrogens is 2. The van der Waals surface area contributed by atoms with Crippen molar-refractivity contribution in [2.45, 2.75) is 40.5 Å². The molecule has 2 amide bonds. The molecule has 162 valence electrons. The normalized spacial score (nSPS) is 9.77. The van der Waals surface area contributed by atoms with Crippen molar-refractivity contribution < 1.29 is 9.59 Å². The first-order chi connectivity index (χ1) is 14.3. The third kappa shape index (κ3) is 8.03. The van der Waals surface area contributed by atoms with Crippen LogP contribution in [0.3, 0.4) is 0 Å². The zero-order chi connectivity index (χ0) is 22.5. The van der Waals surface area contributed by atoms with Gasteiger partial charge in [0.2, 0.25) is 0 Å². The van der Waals surface area contributed by atoms with E-state index < -0.39 is 0 Å². The number of anilines is 1. The van der Waals surface area contributed by atoms with Crippen LogP contribution in [0.1, 0.15) is 60.2 Å². The highest BCUT2D eigenvalue weighted by molar-refractivity contribution is 5.94. The molecule has 0 unspecified atom stereocenters. The number of carbonyl (C=O) groups is 2. The van der Waals surface area contributed by atoms with Gasteiger partial charge in [-0.05, 0) is 50.5 Å². The zero-order valence-electron chi connectivity index (χ0n) is 18.7. The highest BCUT2D eigenvalue weighted by atomic mass is 16.2. The molecular formula is C23H33N5O2. The van der Waals surface area contributed by atoms with Crippen molar-refractivity contribution in [2.75, 3.05) is 25.0 Å². The maximum absolute atomic E-state index is 11.4. The number of hydrogen-bond donors (Lipinski definition) is 2. The summed E-state index contributed by atoms with van der Waals surface area (Å²) >= 11 is 0. The average molecular weight is 412 g/mol. The number of carbonyl (C=O) groups excluding carboxylic acids is 2. The number of allylic oxidation sites excluding steroid dienone is 1. The first kappa shape index (κ1) is 24.8. The SMILES string of the molecule is C=C(C)NC(=O)c1ncccc1C.CCCN(CCC)c1ccc(C(=O)NC)nc1. The summed E-state index contributed by atoms with van der Waals surface area (Å²) in [5.41, 5.74) is 3.48. The topological polar surface area (TPSA) is 87.2 Å². The Balaban J connectivity index is 0.000000311. The summed E-state index contributed by atoms with van der Waals surface area (Å²) in [5.74, 6) is -0.348. The summed E-state index contributed by atoms with van der Waals surface area (Å²) in [6, 6.07) is 7.38. The molecule has 30 heavy (non-hydrogen) atoms. The molecule has 0 aliphatic carbocycles. The third-order valence-electron chi connectivity index (χ3n) is 4.11. The Morgan fingerprint density at radius 3 is 2.20 bits per heavy atom. The molecule has 0 radical (unpaired) electrons. The van der Waals surface area contributed by atoms with Crippen LogP contribution in [0, 0.1) is 6.92 Å². The lowest BCUT2D eigenvalue weighted by atomic mass is 10.2. The molecule has 0 bridgehead atoms. The second-order valence-corrected chi connectivity index (χ2v) is 6.87. The van der Waals surface area contributed by atoms with Crippen LogP contribution in [0.5, 0.6) is 0 Å². The first-order valence-electron chi connectivity index (χ1n) is 10.2. The van der Waals surface area contributed by atoms with Crippen molar-refractivity contribution in [1.82, 2.24) is 20.6 Å². The molecule has 0 aliphatic rings. The standard InChI is InChI=1S/C13H21N3O.C10H12N2O/c1-4-8-16(9-5-2)11-6-7-12(15-10-11)13(17)14-3;1-7(2)12-10(13)9-8(3)5-4-6-11-9/h6-7,10H,4-5,8-9H2,1-3H3,(H,14,17);4-6H,1H2,2-3H3,(H,12,13). The van der Waals surface area contributed by atoms with Crippen molar-refractivity contribution >= 4 is 17.5 Å². The van der Waals surface area contributed by atoms with Gasteiger partial charge < -0.3 is 15.5 Å². The maximum Gasteiger partial charge on any atom is 0.274 e. The minimum atomic E-state index is -0.203. The molecule has 0 saturated heterocycles. The van der Waals surface area contributed by atoms with E-state index in [9.17, 15) is 9.59 Å². The fourth-order valence-electron chi connectivity index (χ4n) is 2.72. The fourth-order valence-corrected chi connectivity index (χ4v) is 2.72. The van der Waals surface area contributed by atoms with E-state index in [1.54, 1.807) is 38.5 Å². The van der Waals surface area contributed by atoms with E-state index in [0.29, 0.717) is 17.1 Å². The Labute approximate surface area is 179 Å². The maximum atomic E-state index is 11.4. The summed E-state index contributed by atoms with van der Waals surface area (Å²) in [4.78, 5) is 33.3. The number of rotatable bonds is 8. The van der Waals surface area contributed by atoms with Gasteiger partial charge in [0.1, 0.15) is 11.4 Å². The number of nitrogens with zero attached hydrogens (tertiary/aromatic N) is 3. The lowest BCUT2D eigenvalue weighted by Crippen LogP contribution is -2.25. The summed E-state index contributed by atoms with van der Waals surface area (Å²) in [7, 11) is 1.61. The second-order valence-electron chi connectivity index (χ2n) is 6.87. The molecule has 2 heterocycles. The molecule has 2 aromatic heterocycles. The van der Waals surface area contributed by atoms with Crippen LogP contribution < -0.4 is 15.5 Å². The van der Waals surface area contributed by atoms with E-state index in [2.05, 4.69) is 45.9 Å². The number of pyridine rings is 2. The van der Waals surface area contributed by atoms with Gasteiger partial charge in [-0.25, -0.2) is 4.98 Å². The van der Waals surface area contributed by atoms with Gasteiger partial charge in [0.05, 0.1) is 11.9 Å². The van der Waals surface area contributed by atoms with Crippen LogP contribution in [-0.2, 0) is 0 Å². The van der Waals surface area contributed by atoms with Crippen molar-refractivity contribution in [1.29, 1.82) is 0 Å². The Hall–Kier alpha value is -3.22. The van der Waals surface area contributed by atoms with E-state index >= 15 is 0 Å². The number of aryl methyl sites for hydroxylation is 1. The Kier molecular flexibility index (Phi) is 10.8. The average Bonchev–Trinajstić information content (AvgIpc) is 2.73. The van der Waals surface area contributed by atoms with Crippen LogP contribution in [0.25, 0.3) is 0 Å². The summed E-state index contributed by atoms with van der Waals surface area (Å²) in [6.07, 6.45) is 5.59. The molecule has 2 rings (SSSR count). The van der Waals surface area contributed by atoms with Gasteiger partial charge in [-0.3, -0.25) is 14.6 Å². The van der Waals surface area contributed by atoms with E-state index in [4.69, 9.17) is 0 Å². The predicted molar refractivity (Wildman–Crippen MR) is 122 cm³/mol. The summed E-state index contributed by atoms with van der Waals surface area (Å²) in [6.45, 7) is 13.5. The molecule has 0 fully saturated rings. The predicted octanol–water partition coefficient (Wildman–Crippen LogP) is 3.72. The van der Waals surface area contributed by atoms with Gasteiger partial charge in [0.25, 0.3) is 11.8 Å². The van der Waals surface area contributed by atoms with Crippen LogP contribution in [0.4, 0.5) is 5.69 Å². The van der Waals surface area contributed by atoms with Gasteiger partial charge in [0.15, 0.2) is 0 Å². The Morgan fingerprint density at radius 2 is 1.73 bits per heavy atom. The second kappa shape index (κ2) is 13.1.